The lowest BCUT2D eigenvalue weighted by Crippen LogP contribution is -2.24. The Bertz CT molecular complexity index is 842. The third-order valence-electron chi connectivity index (χ3n) is 2.87. The van der Waals surface area contributed by atoms with Crippen LogP contribution < -0.4 is 10.2 Å². The topological polar surface area (TPSA) is 114 Å². The molecule has 2 aromatic carbocycles. The zero-order chi connectivity index (χ0) is 18.4. The summed E-state index contributed by atoms with van der Waals surface area (Å²) in [5.41, 5.74) is 2.47. The van der Waals surface area contributed by atoms with Crippen molar-refractivity contribution in [2.45, 2.75) is 0 Å². The maximum Gasteiger partial charge on any atom is 0.310 e. The Labute approximate surface area is 169 Å². The van der Waals surface area contributed by atoms with Crippen molar-refractivity contribution in [1.29, 1.82) is 0 Å². The summed E-state index contributed by atoms with van der Waals surface area (Å²) in [6, 6.07) is 9.27. The number of para-hydroxylation sites is 2. The smallest absolute Gasteiger partial charge is 0.310 e. The van der Waals surface area contributed by atoms with Crippen LogP contribution in [0.5, 0.6) is 11.5 Å². The zero-order valence-corrected chi connectivity index (χ0v) is 16.8. The van der Waals surface area contributed by atoms with Crippen LogP contribution in [0.1, 0.15) is 5.56 Å². The first-order valence-corrected chi connectivity index (χ1v) is 8.90. The van der Waals surface area contributed by atoms with Crippen molar-refractivity contribution < 1.29 is 19.6 Å². The summed E-state index contributed by atoms with van der Waals surface area (Å²) in [6.45, 7) is -0.433. The summed E-state index contributed by atoms with van der Waals surface area (Å²) in [5.74, 6) is -0.527. The molecular formula is C15H11I2N3O5. The molecule has 0 saturated carbocycles. The van der Waals surface area contributed by atoms with Crippen molar-refractivity contribution >= 4 is 63.0 Å². The minimum absolute atomic E-state index is 0.00330. The van der Waals surface area contributed by atoms with Gasteiger partial charge in [-0.3, -0.25) is 14.9 Å². The number of nitro benzene ring substituents is 1. The number of nitrogens with one attached hydrogen (secondary N) is 1. The Balaban J connectivity index is 1.95. The molecule has 0 aliphatic rings. The number of hydrogen-bond donors (Lipinski definition) is 2. The van der Waals surface area contributed by atoms with Crippen LogP contribution in [-0.4, -0.2) is 28.8 Å². The highest BCUT2D eigenvalue weighted by Crippen LogP contribution is 2.26. The van der Waals surface area contributed by atoms with Crippen molar-refractivity contribution in [1.82, 2.24) is 5.43 Å². The van der Waals surface area contributed by atoms with Crippen LogP contribution in [0.3, 0.4) is 0 Å². The number of ether oxygens (including phenoxy) is 1. The van der Waals surface area contributed by atoms with Crippen molar-refractivity contribution in [2.75, 3.05) is 6.61 Å². The fraction of sp³-hybridized carbons (Fsp3) is 0.0667. The molecule has 0 fully saturated rings. The molecule has 0 aromatic heterocycles. The van der Waals surface area contributed by atoms with Crippen LogP contribution in [0.25, 0.3) is 0 Å². The van der Waals surface area contributed by atoms with Gasteiger partial charge in [0.25, 0.3) is 5.91 Å². The summed E-state index contributed by atoms with van der Waals surface area (Å²) in [5, 5.41) is 24.5. The largest absolute Gasteiger partial charge is 0.506 e. The Hall–Kier alpha value is -1.96. The van der Waals surface area contributed by atoms with E-state index in [-0.39, 0.29) is 17.2 Å². The summed E-state index contributed by atoms with van der Waals surface area (Å²) in [4.78, 5) is 22.0. The average Bonchev–Trinajstić information content (AvgIpc) is 2.57. The van der Waals surface area contributed by atoms with Gasteiger partial charge in [-0.2, -0.15) is 5.10 Å². The Morgan fingerprint density at radius 3 is 2.80 bits per heavy atom. The summed E-state index contributed by atoms with van der Waals surface area (Å²) < 4.78 is 6.72. The third-order valence-corrected chi connectivity index (χ3v) is 4.32. The minimum Gasteiger partial charge on any atom is -0.506 e. The quantitative estimate of drug-likeness (QED) is 0.241. The number of phenols is 1. The van der Waals surface area contributed by atoms with Crippen LogP contribution in [0, 0.1) is 17.3 Å². The number of aromatic hydroxyl groups is 1. The molecule has 0 aliphatic heterocycles. The second-order valence-corrected chi connectivity index (χ2v) is 7.04. The Kier molecular flexibility index (Phi) is 6.92. The van der Waals surface area contributed by atoms with Gasteiger partial charge in [0, 0.05) is 15.2 Å². The van der Waals surface area contributed by atoms with Gasteiger partial charge in [0.2, 0.25) is 0 Å². The number of amides is 1. The van der Waals surface area contributed by atoms with E-state index in [9.17, 15) is 20.0 Å². The number of nitro groups is 1. The maximum absolute atomic E-state index is 11.7. The highest BCUT2D eigenvalue weighted by molar-refractivity contribution is 14.1. The third kappa shape index (κ3) is 5.52. The number of nitrogens with zero attached hydrogens (tertiary/aromatic N) is 2. The Morgan fingerprint density at radius 2 is 2.08 bits per heavy atom. The molecule has 8 nitrogen and oxygen atoms in total. The first-order chi connectivity index (χ1) is 11.9. The number of phenolic OH excluding ortho intramolecular Hbond substituents is 1. The lowest BCUT2D eigenvalue weighted by molar-refractivity contribution is -0.385. The summed E-state index contributed by atoms with van der Waals surface area (Å²) >= 11 is 4.09. The highest BCUT2D eigenvalue weighted by Gasteiger charge is 2.14. The molecule has 0 spiro atoms. The highest BCUT2D eigenvalue weighted by atomic mass is 127. The molecule has 0 atom stereocenters. The molecular weight excluding hydrogens is 556 g/mol. The van der Waals surface area contributed by atoms with Crippen LogP contribution in [0.4, 0.5) is 5.69 Å². The number of halogens is 2. The molecule has 0 bridgehead atoms. The van der Waals surface area contributed by atoms with Gasteiger partial charge < -0.3 is 9.84 Å². The van der Waals surface area contributed by atoms with E-state index in [1.165, 1.54) is 24.4 Å². The van der Waals surface area contributed by atoms with Gasteiger partial charge in [-0.1, -0.05) is 12.1 Å². The average molecular weight is 567 g/mol. The number of hydrogen-bond acceptors (Lipinski definition) is 6. The van der Waals surface area contributed by atoms with Crippen molar-refractivity contribution in [2.24, 2.45) is 5.10 Å². The van der Waals surface area contributed by atoms with Gasteiger partial charge in [0.1, 0.15) is 5.75 Å². The van der Waals surface area contributed by atoms with E-state index in [1.807, 2.05) is 22.6 Å². The number of carbonyl (C=O) groups excluding carboxylic acids is 1. The Morgan fingerprint density at radius 1 is 1.36 bits per heavy atom. The molecule has 0 saturated heterocycles. The van der Waals surface area contributed by atoms with E-state index in [2.05, 4.69) is 33.1 Å². The maximum atomic E-state index is 11.7. The standard InChI is InChI=1S/C15H11I2N3O5/c16-10-5-9(15(22)11(17)6-10)7-18-19-14(21)8-25-13-4-2-1-3-12(13)20(23)24/h1-7,22H,8H2,(H,19,21)/b18-7-. The molecule has 0 heterocycles. The van der Waals surface area contributed by atoms with Crippen LogP contribution >= 0.6 is 45.2 Å². The van der Waals surface area contributed by atoms with E-state index in [0.29, 0.717) is 9.13 Å². The normalized spacial score (nSPS) is 10.6. The van der Waals surface area contributed by atoms with Crippen LogP contribution in [0.2, 0.25) is 0 Å². The zero-order valence-electron chi connectivity index (χ0n) is 12.5. The van der Waals surface area contributed by atoms with Gasteiger partial charge in [-0.15, -0.1) is 0 Å². The molecule has 0 unspecified atom stereocenters. The van der Waals surface area contributed by atoms with Gasteiger partial charge in [0.15, 0.2) is 12.4 Å². The first-order valence-electron chi connectivity index (χ1n) is 6.74. The van der Waals surface area contributed by atoms with Gasteiger partial charge in [-0.25, -0.2) is 5.43 Å². The van der Waals surface area contributed by atoms with Crippen molar-refractivity contribution in [3.63, 3.8) is 0 Å². The summed E-state index contributed by atoms with van der Waals surface area (Å²) in [7, 11) is 0. The van der Waals surface area contributed by atoms with E-state index in [4.69, 9.17) is 4.74 Å². The second-order valence-electron chi connectivity index (χ2n) is 4.63. The first kappa shape index (κ1) is 19.4. The van der Waals surface area contributed by atoms with Crippen LogP contribution in [-0.2, 0) is 4.79 Å². The van der Waals surface area contributed by atoms with Gasteiger partial charge in [-0.05, 0) is 63.4 Å². The molecule has 130 valence electrons. The fourth-order valence-corrected chi connectivity index (χ4v) is 3.65. The molecule has 25 heavy (non-hydrogen) atoms. The minimum atomic E-state index is -0.590. The molecule has 10 heteroatoms. The van der Waals surface area contributed by atoms with Crippen molar-refractivity contribution in [3.8, 4) is 11.5 Å². The van der Waals surface area contributed by atoms with Gasteiger partial charge >= 0.3 is 5.69 Å². The van der Waals surface area contributed by atoms with E-state index in [1.54, 1.807) is 18.2 Å². The lowest BCUT2D eigenvalue weighted by Gasteiger charge is -2.05. The van der Waals surface area contributed by atoms with Crippen molar-refractivity contribution in [3.05, 3.63) is 59.2 Å². The fourth-order valence-electron chi connectivity index (χ4n) is 1.76. The number of hydrazone groups is 1. The molecule has 2 rings (SSSR count). The van der Waals surface area contributed by atoms with E-state index >= 15 is 0 Å². The molecule has 2 N–H and O–H groups in total. The SMILES string of the molecule is O=C(COc1ccccc1[N+](=O)[O-])N/N=C\c1cc(I)cc(I)c1O. The monoisotopic (exact) mass is 567 g/mol. The molecule has 0 aliphatic carbocycles. The van der Waals surface area contributed by atoms with Gasteiger partial charge in [0.05, 0.1) is 14.7 Å². The molecule has 0 radical (unpaired) electrons. The van der Waals surface area contributed by atoms with E-state index < -0.39 is 17.4 Å². The molecule has 2 aromatic rings. The lowest BCUT2D eigenvalue weighted by atomic mass is 10.2. The van der Waals surface area contributed by atoms with E-state index in [0.717, 1.165) is 3.57 Å². The number of carbonyl (C=O) groups is 1. The predicted octanol–water partition coefficient (Wildman–Crippen LogP) is 3.04. The number of benzene rings is 2. The summed E-state index contributed by atoms with van der Waals surface area (Å²) in [6.07, 6.45) is 1.31. The van der Waals surface area contributed by atoms with Crippen LogP contribution in [0.15, 0.2) is 41.5 Å². The number of rotatable bonds is 6. The second kappa shape index (κ2) is 8.94. The molecule has 1 amide bonds. The predicted molar refractivity (Wildman–Crippen MR) is 108 cm³/mol.